The van der Waals surface area contributed by atoms with Crippen LogP contribution < -0.4 is 4.74 Å². The summed E-state index contributed by atoms with van der Waals surface area (Å²) < 4.78 is 5.38. The first-order valence-electron chi connectivity index (χ1n) is 4.36. The van der Waals surface area contributed by atoms with Crippen LogP contribution in [0.5, 0.6) is 5.75 Å². The fourth-order valence-corrected chi connectivity index (χ4v) is 1.16. The lowest BCUT2D eigenvalue weighted by molar-refractivity contribution is 0.340. The molecule has 0 unspecified atom stereocenters. The van der Waals surface area contributed by atoms with Gasteiger partial charge >= 0.3 is 0 Å². The van der Waals surface area contributed by atoms with Crippen molar-refractivity contribution in [2.24, 2.45) is 0 Å². The Bertz CT molecular complexity index is 214. The molecule has 0 amide bonds. The summed E-state index contributed by atoms with van der Waals surface area (Å²) in [6.45, 7) is 4.80. The Balaban J connectivity index is 2.67. The van der Waals surface area contributed by atoms with Crippen molar-refractivity contribution in [2.75, 3.05) is 6.61 Å². The number of hydrogen-bond acceptors (Lipinski definition) is 1. The second kappa shape index (κ2) is 4.86. The first-order valence-corrected chi connectivity index (χ1v) is 4.36. The summed E-state index contributed by atoms with van der Waals surface area (Å²) >= 11 is 0. The minimum Gasteiger partial charge on any atom is -0.494 e. The van der Waals surface area contributed by atoms with Crippen LogP contribution >= 0.6 is 0 Å². The van der Waals surface area contributed by atoms with Gasteiger partial charge in [-0.2, -0.15) is 0 Å². The zero-order valence-corrected chi connectivity index (χ0v) is 7.71. The SMILES string of the molecule is C[B]Cc1cccc(OCC)c1. The van der Waals surface area contributed by atoms with Gasteiger partial charge in [0.2, 0.25) is 0 Å². The Morgan fingerprint density at radius 1 is 1.42 bits per heavy atom. The molecule has 1 aromatic rings. The molecule has 0 N–H and O–H groups in total. The maximum atomic E-state index is 5.38. The van der Waals surface area contributed by atoms with Crippen LogP contribution in [-0.4, -0.2) is 13.9 Å². The molecule has 0 bridgehead atoms. The van der Waals surface area contributed by atoms with E-state index in [9.17, 15) is 0 Å². The normalized spacial score (nSPS) is 9.50. The topological polar surface area (TPSA) is 9.23 Å². The van der Waals surface area contributed by atoms with Gasteiger partial charge in [-0.05, 0) is 19.1 Å². The Morgan fingerprint density at radius 2 is 2.25 bits per heavy atom. The quantitative estimate of drug-likeness (QED) is 0.615. The smallest absolute Gasteiger partial charge is 0.119 e. The minimum absolute atomic E-state index is 0.735. The van der Waals surface area contributed by atoms with Crippen LogP contribution in [0.4, 0.5) is 0 Å². The molecule has 0 aliphatic rings. The summed E-state index contributed by atoms with van der Waals surface area (Å²) in [5.74, 6) is 0.969. The zero-order chi connectivity index (χ0) is 8.81. The average Bonchev–Trinajstić information content (AvgIpc) is 2.06. The molecule has 0 spiro atoms. The van der Waals surface area contributed by atoms with Crippen molar-refractivity contribution in [1.82, 2.24) is 0 Å². The summed E-state index contributed by atoms with van der Waals surface area (Å²) in [4.78, 5) is 0. The van der Waals surface area contributed by atoms with Gasteiger partial charge in [-0.1, -0.05) is 30.8 Å². The summed E-state index contributed by atoms with van der Waals surface area (Å²) in [5.41, 5.74) is 1.31. The molecule has 2 heteroatoms. The van der Waals surface area contributed by atoms with Crippen LogP contribution in [0.2, 0.25) is 6.82 Å². The Morgan fingerprint density at radius 3 is 2.92 bits per heavy atom. The van der Waals surface area contributed by atoms with E-state index in [1.807, 2.05) is 19.1 Å². The predicted molar refractivity (Wildman–Crippen MR) is 52.9 cm³/mol. The molecular weight excluding hydrogens is 147 g/mol. The van der Waals surface area contributed by atoms with Crippen molar-refractivity contribution in [3.63, 3.8) is 0 Å². The molecule has 0 aliphatic carbocycles. The Hall–Kier alpha value is -0.915. The van der Waals surface area contributed by atoms with Crippen LogP contribution in [0.15, 0.2) is 24.3 Å². The lowest BCUT2D eigenvalue weighted by atomic mass is 9.75. The minimum atomic E-state index is 0.735. The highest BCUT2D eigenvalue weighted by Crippen LogP contribution is 2.13. The third kappa shape index (κ3) is 2.61. The summed E-state index contributed by atoms with van der Waals surface area (Å²) in [7, 11) is 2.14. The van der Waals surface area contributed by atoms with E-state index in [0.29, 0.717) is 0 Å². The maximum Gasteiger partial charge on any atom is 0.119 e. The molecule has 1 nitrogen and oxygen atoms in total. The van der Waals surface area contributed by atoms with E-state index < -0.39 is 0 Å². The van der Waals surface area contributed by atoms with E-state index in [1.165, 1.54) is 5.56 Å². The van der Waals surface area contributed by atoms with E-state index in [4.69, 9.17) is 4.74 Å². The van der Waals surface area contributed by atoms with Crippen molar-refractivity contribution in [2.45, 2.75) is 20.1 Å². The van der Waals surface area contributed by atoms with Crippen LogP contribution in [0.25, 0.3) is 0 Å². The van der Waals surface area contributed by atoms with Crippen molar-refractivity contribution >= 4 is 7.28 Å². The molecule has 1 aromatic carbocycles. The number of benzene rings is 1. The van der Waals surface area contributed by atoms with E-state index in [0.717, 1.165) is 18.7 Å². The molecule has 0 fully saturated rings. The van der Waals surface area contributed by atoms with Crippen LogP contribution in [-0.2, 0) is 6.32 Å². The molecule has 0 aromatic heterocycles. The first-order chi connectivity index (χ1) is 5.86. The lowest BCUT2D eigenvalue weighted by Gasteiger charge is -2.04. The average molecular weight is 161 g/mol. The molecule has 1 radical (unpaired) electrons. The highest BCUT2D eigenvalue weighted by Gasteiger charge is 1.94. The van der Waals surface area contributed by atoms with Crippen LogP contribution in [0.3, 0.4) is 0 Å². The molecule has 0 heterocycles. The Kier molecular flexibility index (Phi) is 3.72. The van der Waals surface area contributed by atoms with E-state index in [1.54, 1.807) is 0 Å². The van der Waals surface area contributed by atoms with Crippen molar-refractivity contribution in [3.8, 4) is 5.75 Å². The monoisotopic (exact) mass is 161 g/mol. The van der Waals surface area contributed by atoms with Gasteiger partial charge in [0, 0.05) is 0 Å². The molecule has 0 aliphatic heterocycles. The third-order valence-corrected chi connectivity index (χ3v) is 1.65. The van der Waals surface area contributed by atoms with Gasteiger partial charge in [-0.3, -0.25) is 0 Å². The van der Waals surface area contributed by atoms with Crippen molar-refractivity contribution < 1.29 is 4.74 Å². The molecule has 0 saturated heterocycles. The van der Waals surface area contributed by atoms with Crippen molar-refractivity contribution in [1.29, 1.82) is 0 Å². The fraction of sp³-hybridized carbons (Fsp3) is 0.400. The van der Waals surface area contributed by atoms with Gasteiger partial charge in [0.25, 0.3) is 0 Å². The van der Waals surface area contributed by atoms with Gasteiger partial charge < -0.3 is 4.74 Å². The van der Waals surface area contributed by atoms with Crippen molar-refractivity contribution in [3.05, 3.63) is 29.8 Å². The van der Waals surface area contributed by atoms with Crippen LogP contribution in [0.1, 0.15) is 12.5 Å². The van der Waals surface area contributed by atoms with E-state index in [-0.39, 0.29) is 0 Å². The van der Waals surface area contributed by atoms with Gasteiger partial charge in [-0.25, -0.2) is 0 Å². The highest BCUT2D eigenvalue weighted by molar-refractivity contribution is 6.32. The molecule has 1 rings (SSSR count). The fourth-order valence-electron chi connectivity index (χ4n) is 1.16. The van der Waals surface area contributed by atoms with E-state index in [2.05, 4.69) is 26.2 Å². The maximum absolute atomic E-state index is 5.38. The molecule has 0 atom stereocenters. The van der Waals surface area contributed by atoms with Gasteiger partial charge in [-0.15, -0.1) is 0 Å². The number of ether oxygens (including phenoxy) is 1. The summed E-state index contributed by atoms with van der Waals surface area (Å²) in [5, 5.41) is 0. The second-order valence-corrected chi connectivity index (χ2v) is 2.69. The third-order valence-electron chi connectivity index (χ3n) is 1.65. The predicted octanol–water partition coefficient (Wildman–Crippen LogP) is 2.34. The van der Waals surface area contributed by atoms with Gasteiger partial charge in [0.1, 0.15) is 13.0 Å². The number of rotatable bonds is 4. The standard InChI is InChI=1S/C10H14BO/c1-3-12-10-6-4-5-9(7-10)8-11-2/h4-7H,3,8H2,1-2H3. The highest BCUT2D eigenvalue weighted by atomic mass is 16.5. The molecule has 12 heavy (non-hydrogen) atoms. The van der Waals surface area contributed by atoms with E-state index >= 15 is 0 Å². The summed E-state index contributed by atoms with van der Waals surface area (Å²) in [6, 6.07) is 8.22. The second-order valence-electron chi connectivity index (χ2n) is 2.69. The molecular formula is C10H14BO. The largest absolute Gasteiger partial charge is 0.494 e. The zero-order valence-electron chi connectivity index (χ0n) is 7.71. The van der Waals surface area contributed by atoms with Gasteiger partial charge in [0.15, 0.2) is 0 Å². The molecule has 63 valence electrons. The number of hydrogen-bond donors (Lipinski definition) is 0. The van der Waals surface area contributed by atoms with Gasteiger partial charge in [0.05, 0.1) is 6.61 Å². The molecule has 0 saturated carbocycles. The lowest BCUT2D eigenvalue weighted by Crippen LogP contribution is -1.94. The summed E-state index contributed by atoms with van der Waals surface area (Å²) in [6.07, 6.45) is 1.01. The Labute approximate surface area is 75.0 Å². The van der Waals surface area contributed by atoms with Crippen LogP contribution in [0, 0.1) is 0 Å². The first kappa shape index (κ1) is 9.18.